The third-order valence-corrected chi connectivity index (χ3v) is 3.56. The third-order valence-electron chi connectivity index (χ3n) is 3.56. The van der Waals surface area contributed by atoms with Crippen LogP contribution < -0.4 is 10.1 Å². The first-order chi connectivity index (χ1) is 10.7. The van der Waals surface area contributed by atoms with E-state index < -0.39 is 5.97 Å². The molecule has 0 saturated heterocycles. The van der Waals surface area contributed by atoms with Gasteiger partial charge in [-0.15, -0.1) is 0 Å². The number of carbonyl (C=O) groups excluding carboxylic acids is 2. The van der Waals surface area contributed by atoms with Crippen LogP contribution in [0.4, 0.5) is 0 Å². The molecule has 22 heavy (non-hydrogen) atoms. The first-order valence-corrected chi connectivity index (χ1v) is 7.20. The summed E-state index contributed by atoms with van der Waals surface area (Å²) in [5.74, 6) is -0.393. The minimum absolute atomic E-state index is 0.251. The van der Waals surface area contributed by atoms with E-state index >= 15 is 0 Å². The number of ether oxygens (including phenoxy) is 2. The van der Waals surface area contributed by atoms with Crippen LogP contribution in [-0.4, -0.2) is 31.6 Å². The lowest BCUT2D eigenvalue weighted by molar-refractivity contribution is -0.124. The molecule has 114 valence electrons. The van der Waals surface area contributed by atoms with Gasteiger partial charge >= 0.3 is 5.97 Å². The highest BCUT2D eigenvalue weighted by atomic mass is 16.5. The van der Waals surface area contributed by atoms with Crippen molar-refractivity contribution in [3.05, 3.63) is 42.0 Å². The highest BCUT2D eigenvalue weighted by Crippen LogP contribution is 2.26. The molecule has 5 nitrogen and oxygen atoms in total. The van der Waals surface area contributed by atoms with E-state index in [-0.39, 0.29) is 18.6 Å². The Balaban J connectivity index is 1.75. The molecule has 2 aromatic rings. The van der Waals surface area contributed by atoms with Gasteiger partial charge < -0.3 is 14.8 Å². The molecule has 0 atom stereocenters. The van der Waals surface area contributed by atoms with Crippen molar-refractivity contribution in [2.75, 3.05) is 13.7 Å². The lowest BCUT2D eigenvalue weighted by Crippen LogP contribution is -2.30. The molecule has 0 radical (unpaired) electrons. The number of hydrogen-bond donors (Lipinski definition) is 1. The summed E-state index contributed by atoms with van der Waals surface area (Å²) in [4.78, 5) is 23.8. The zero-order valence-corrected chi connectivity index (χ0v) is 12.3. The predicted molar refractivity (Wildman–Crippen MR) is 81.9 cm³/mol. The predicted octanol–water partition coefficient (Wildman–Crippen LogP) is 2.28. The second-order valence-electron chi connectivity index (χ2n) is 5.32. The summed E-state index contributed by atoms with van der Waals surface area (Å²) in [7, 11) is 1.50. The fourth-order valence-electron chi connectivity index (χ4n) is 2.25. The van der Waals surface area contributed by atoms with Gasteiger partial charge in [-0.3, -0.25) is 4.79 Å². The molecule has 1 amide bonds. The first kappa shape index (κ1) is 14.4. The van der Waals surface area contributed by atoms with Crippen molar-refractivity contribution in [1.29, 1.82) is 0 Å². The van der Waals surface area contributed by atoms with Crippen LogP contribution in [-0.2, 0) is 9.53 Å². The average Bonchev–Trinajstić information content (AvgIpc) is 3.35. The van der Waals surface area contributed by atoms with Crippen molar-refractivity contribution in [3.63, 3.8) is 0 Å². The maximum Gasteiger partial charge on any atom is 0.342 e. The Hall–Kier alpha value is -2.56. The lowest BCUT2D eigenvalue weighted by Gasteiger charge is -2.10. The zero-order chi connectivity index (χ0) is 15.5. The molecule has 5 heteroatoms. The molecule has 1 fully saturated rings. The first-order valence-electron chi connectivity index (χ1n) is 7.20. The Morgan fingerprint density at radius 2 is 1.86 bits per heavy atom. The zero-order valence-electron chi connectivity index (χ0n) is 12.3. The van der Waals surface area contributed by atoms with Crippen molar-refractivity contribution in [2.24, 2.45) is 0 Å². The van der Waals surface area contributed by atoms with Gasteiger partial charge in [0.2, 0.25) is 0 Å². The van der Waals surface area contributed by atoms with E-state index in [1.54, 1.807) is 12.1 Å². The summed E-state index contributed by atoms with van der Waals surface area (Å²) < 4.78 is 10.3. The number of amides is 1. The minimum Gasteiger partial charge on any atom is -0.496 e. The van der Waals surface area contributed by atoms with Crippen molar-refractivity contribution in [2.45, 2.75) is 18.9 Å². The second kappa shape index (κ2) is 6.05. The Morgan fingerprint density at radius 3 is 2.50 bits per heavy atom. The number of esters is 1. The summed E-state index contributed by atoms with van der Waals surface area (Å²) in [6.07, 6.45) is 2.00. The summed E-state index contributed by atoms with van der Waals surface area (Å²) in [6, 6.07) is 11.4. The number of rotatable bonds is 5. The van der Waals surface area contributed by atoms with Crippen LogP contribution in [0.2, 0.25) is 0 Å². The van der Waals surface area contributed by atoms with Crippen molar-refractivity contribution < 1.29 is 19.1 Å². The van der Waals surface area contributed by atoms with Gasteiger partial charge in [0, 0.05) is 6.04 Å². The van der Waals surface area contributed by atoms with E-state index in [0.717, 1.165) is 23.6 Å². The lowest BCUT2D eigenvalue weighted by atomic mass is 10.1. The minimum atomic E-state index is -0.562. The van der Waals surface area contributed by atoms with Gasteiger partial charge in [-0.2, -0.15) is 0 Å². The van der Waals surface area contributed by atoms with E-state index in [1.807, 2.05) is 24.3 Å². The highest BCUT2D eigenvalue weighted by molar-refractivity contribution is 5.99. The second-order valence-corrected chi connectivity index (χ2v) is 5.32. The van der Waals surface area contributed by atoms with E-state index in [9.17, 15) is 9.59 Å². The Kier molecular flexibility index (Phi) is 3.96. The SMILES string of the molecule is COc1cc2ccccc2cc1C(=O)OCC(=O)NC1CC1. The van der Waals surface area contributed by atoms with Gasteiger partial charge in [-0.05, 0) is 35.7 Å². The van der Waals surface area contributed by atoms with Crippen LogP contribution in [0.1, 0.15) is 23.2 Å². The van der Waals surface area contributed by atoms with Gasteiger partial charge in [0.15, 0.2) is 6.61 Å². The molecule has 0 aliphatic heterocycles. The summed E-state index contributed by atoms with van der Waals surface area (Å²) in [5.41, 5.74) is 0.320. The van der Waals surface area contributed by atoms with Gasteiger partial charge in [-0.25, -0.2) is 4.79 Å². The van der Waals surface area contributed by atoms with Gasteiger partial charge in [0.05, 0.1) is 7.11 Å². The molecular formula is C17H17NO4. The summed E-state index contributed by atoms with van der Waals surface area (Å²) in [5, 5.41) is 4.66. The maximum absolute atomic E-state index is 12.2. The largest absolute Gasteiger partial charge is 0.496 e. The molecule has 1 saturated carbocycles. The van der Waals surface area contributed by atoms with Crippen LogP contribution in [0.3, 0.4) is 0 Å². The molecule has 0 aromatic heterocycles. The Bertz CT molecular complexity index is 722. The third kappa shape index (κ3) is 3.19. The standard InChI is InChI=1S/C17H17NO4/c1-21-15-9-12-5-3-2-4-11(12)8-14(15)17(20)22-10-16(19)18-13-6-7-13/h2-5,8-9,13H,6-7,10H2,1H3,(H,18,19). The number of methoxy groups -OCH3 is 1. The number of carbonyl (C=O) groups is 2. The Morgan fingerprint density at radius 1 is 1.18 bits per heavy atom. The molecule has 1 aliphatic rings. The molecule has 1 aliphatic carbocycles. The molecule has 3 rings (SSSR count). The average molecular weight is 299 g/mol. The quantitative estimate of drug-likeness (QED) is 0.860. The van der Waals surface area contributed by atoms with Gasteiger partial charge in [0.1, 0.15) is 11.3 Å². The molecule has 0 heterocycles. The van der Waals surface area contributed by atoms with Gasteiger partial charge in [-0.1, -0.05) is 24.3 Å². The molecule has 0 unspecified atom stereocenters. The topological polar surface area (TPSA) is 64.6 Å². The van der Waals surface area contributed by atoms with Crippen LogP contribution >= 0.6 is 0 Å². The van der Waals surface area contributed by atoms with Crippen LogP contribution in [0.5, 0.6) is 5.75 Å². The molecule has 0 spiro atoms. The van der Waals surface area contributed by atoms with Crippen LogP contribution in [0, 0.1) is 0 Å². The Labute approximate surface area is 128 Å². The fraction of sp³-hybridized carbons (Fsp3) is 0.294. The number of benzene rings is 2. The normalized spacial score (nSPS) is 13.7. The number of fused-ring (bicyclic) bond motifs is 1. The van der Waals surface area contributed by atoms with E-state index in [0.29, 0.717) is 11.3 Å². The van der Waals surface area contributed by atoms with Crippen LogP contribution in [0.25, 0.3) is 10.8 Å². The van der Waals surface area contributed by atoms with Crippen LogP contribution in [0.15, 0.2) is 36.4 Å². The van der Waals surface area contributed by atoms with Gasteiger partial charge in [0.25, 0.3) is 5.91 Å². The smallest absolute Gasteiger partial charge is 0.342 e. The molecule has 1 N–H and O–H groups in total. The fourth-order valence-corrected chi connectivity index (χ4v) is 2.25. The van der Waals surface area contributed by atoms with E-state index in [1.165, 1.54) is 7.11 Å². The number of hydrogen-bond acceptors (Lipinski definition) is 4. The molecule has 0 bridgehead atoms. The van der Waals surface area contributed by atoms with Crippen molar-refractivity contribution in [1.82, 2.24) is 5.32 Å². The molecule has 2 aromatic carbocycles. The number of nitrogens with one attached hydrogen (secondary N) is 1. The van der Waals surface area contributed by atoms with E-state index in [2.05, 4.69) is 5.32 Å². The summed E-state index contributed by atoms with van der Waals surface area (Å²) >= 11 is 0. The van der Waals surface area contributed by atoms with Crippen molar-refractivity contribution >= 4 is 22.6 Å². The summed E-state index contributed by atoms with van der Waals surface area (Å²) in [6.45, 7) is -0.273. The van der Waals surface area contributed by atoms with E-state index in [4.69, 9.17) is 9.47 Å². The highest BCUT2D eigenvalue weighted by Gasteiger charge is 2.24. The maximum atomic E-state index is 12.2. The monoisotopic (exact) mass is 299 g/mol. The van der Waals surface area contributed by atoms with Crippen molar-refractivity contribution in [3.8, 4) is 5.75 Å². The molecular weight excluding hydrogens is 282 g/mol.